The van der Waals surface area contributed by atoms with Crippen LogP contribution in [0.2, 0.25) is 0 Å². The summed E-state index contributed by atoms with van der Waals surface area (Å²) < 4.78 is 11.3. The molecule has 21 heavy (non-hydrogen) atoms. The van der Waals surface area contributed by atoms with E-state index in [2.05, 4.69) is 22.3 Å². The molecule has 1 N–H and O–H groups in total. The van der Waals surface area contributed by atoms with Gasteiger partial charge in [0.2, 0.25) is 0 Å². The van der Waals surface area contributed by atoms with E-state index in [0.29, 0.717) is 12.7 Å². The van der Waals surface area contributed by atoms with E-state index in [-0.39, 0.29) is 0 Å². The summed E-state index contributed by atoms with van der Waals surface area (Å²) in [6.07, 6.45) is 3.10. The van der Waals surface area contributed by atoms with Crippen LogP contribution >= 0.6 is 0 Å². The zero-order valence-corrected chi connectivity index (χ0v) is 12.9. The Morgan fingerprint density at radius 3 is 2.81 bits per heavy atom. The number of hydrogen-bond acceptors (Lipinski definition) is 4. The molecule has 1 aromatic carbocycles. The lowest BCUT2D eigenvalue weighted by molar-refractivity contribution is -0.0301. The van der Waals surface area contributed by atoms with Gasteiger partial charge in [-0.15, -0.1) is 0 Å². The first kappa shape index (κ1) is 14.8. The normalized spacial score (nSPS) is 23.2. The Balaban J connectivity index is 1.38. The quantitative estimate of drug-likeness (QED) is 0.833. The first-order chi connectivity index (χ1) is 10.3. The zero-order chi connectivity index (χ0) is 14.5. The third-order valence-electron chi connectivity index (χ3n) is 4.17. The van der Waals surface area contributed by atoms with Crippen LogP contribution in [0.15, 0.2) is 24.3 Å². The lowest BCUT2D eigenvalue weighted by atomic mass is 10.2. The lowest BCUT2D eigenvalue weighted by Gasteiger charge is -2.33. The predicted molar refractivity (Wildman–Crippen MR) is 83.7 cm³/mol. The van der Waals surface area contributed by atoms with Crippen molar-refractivity contribution in [1.29, 1.82) is 0 Å². The number of nitrogens with zero attached hydrogens (tertiary/aromatic N) is 1. The van der Waals surface area contributed by atoms with E-state index in [9.17, 15) is 0 Å². The lowest BCUT2D eigenvalue weighted by Crippen LogP contribution is -2.47. The summed E-state index contributed by atoms with van der Waals surface area (Å²) in [4.78, 5) is 2.59. The molecule has 0 amide bonds. The van der Waals surface area contributed by atoms with Crippen molar-refractivity contribution in [3.63, 3.8) is 0 Å². The van der Waals surface area contributed by atoms with Gasteiger partial charge in [0.15, 0.2) is 0 Å². The highest BCUT2D eigenvalue weighted by Crippen LogP contribution is 2.28. The largest absolute Gasteiger partial charge is 0.494 e. The molecule has 0 radical (unpaired) electrons. The van der Waals surface area contributed by atoms with Gasteiger partial charge in [-0.05, 0) is 37.5 Å². The number of hydrogen-bond donors (Lipinski definition) is 1. The molecule has 1 atom stereocenters. The molecule has 1 aliphatic carbocycles. The molecular weight excluding hydrogens is 264 g/mol. The van der Waals surface area contributed by atoms with Gasteiger partial charge < -0.3 is 14.8 Å². The molecule has 3 rings (SSSR count). The second-order valence-electron chi connectivity index (χ2n) is 5.93. The van der Waals surface area contributed by atoms with Gasteiger partial charge in [-0.25, -0.2) is 0 Å². The highest BCUT2D eigenvalue weighted by atomic mass is 16.5. The van der Waals surface area contributed by atoms with E-state index in [4.69, 9.17) is 9.47 Å². The van der Waals surface area contributed by atoms with Crippen molar-refractivity contribution < 1.29 is 9.47 Å². The van der Waals surface area contributed by atoms with Gasteiger partial charge in [-0.1, -0.05) is 12.1 Å². The van der Waals surface area contributed by atoms with Crippen molar-refractivity contribution >= 4 is 0 Å². The summed E-state index contributed by atoms with van der Waals surface area (Å²) in [6.45, 7) is 7.61. The molecule has 2 fully saturated rings. The van der Waals surface area contributed by atoms with Gasteiger partial charge in [-0.2, -0.15) is 0 Å². The average Bonchev–Trinajstić information content (AvgIpc) is 3.35. The average molecular weight is 290 g/mol. The molecule has 1 heterocycles. The Labute approximate surface area is 127 Å². The van der Waals surface area contributed by atoms with Crippen molar-refractivity contribution in [3.05, 3.63) is 29.8 Å². The fourth-order valence-electron chi connectivity index (χ4n) is 2.88. The molecule has 0 spiro atoms. The van der Waals surface area contributed by atoms with E-state index in [1.807, 2.05) is 19.1 Å². The van der Waals surface area contributed by atoms with E-state index in [1.54, 1.807) is 0 Å². The molecule has 0 aromatic heterocycles. The molecule has 116 valence electrons. The minimum atomic E-state index is 0.335. The molecular formula is C17H26N2O2. The van der Waals surface area contributed by atoms with Gasteiger partial charge in [-0.3, -0.25) is 4.90 Å². The smallest absolute Gasteiger partial charge is 0.119 e. The highest BCUT2D eigenvalue weighted by Gasteiger charge is 2.32. The molecule has 1 unspecified atom stereocenters. The van der Waals surface area contributed by atoms with Crippen molar-refractivity contribution in [2.45, 2.75) is 38.5 Å². The molecule has 1 aliphatic heterocycles. The van der Waals surface area contributed by atoms with Crippen LogP contribution in [0.5, 0.6) is 5.75 Å². The highest BCUT2D eigenvalue weighted by molar-refractivity contribution is 5.27. The maximum absolute atomic E-state index is 5.85. The van der Waals surface area contributed by atoms with Gasteiger partial charge >= 0.3 is 0 Å². The van der Waals surface area contributed by atoms with Crippen LogP contribution in [0, 0.1) is 0 Å². The van der Waals surface area contributed by atoms with E-state index in [0.717, 1.165) is 44.6 Å². The summed E-state index contributed by atoms with van der Waals surface area (Å²) in [6, 6.07) is 9.16. The first-order valence-electron chi connectivity index (χ1n) is 8.13. The van der Waals surface area contributed by atoms with Gasteiger partial charge in [0.25, 0.3) is 0 Å². The Morgan fingerprint density at radius 2 is 2.10 bits per heavy atom. The minimum Gasteiger partial charge on any atom is -0.494 e. The van der Waals surface area contributed by atoms with Gasteiger partial charge in [0.05, 0.1) is 19.3 Å². The second kappa shape index (κ2) is 7.25. The minimum absolute atomic E-state index is 0.335. The third-order valence-corrected chi connectivity index (χ3v) is 4.17. The molecule has 4 heteroatoms. The van der Waals surface area contributed by atoms with Gasteiger partial charge in [0.1, 0.15) is 5.75 Å². The molecule has 0 bridgehead atoms. The number of benzene rings is 1. The fraction of sp³-hybridized carbons (Fsp3) is 0.647. The van der Waals surface area contributed by atoms with Crippen molar-refractivity contribution in [1.82, 2.24) is 10.2 Å². The van der Waals surface area contributed by atoms with Crippen LogP contribution in [-0.2, 0) is 11.3 Å². The molecule has 2 aliphatic rings. The molecule has 1 saturated carbocycles. The van der Waals surface area contributed by atoms with E-state index < -0.39 is 0 Å². The van der Waals surface area contributed by atoms with Crippen LogP contribution in [-0.4, -0.2) is 49.9 Å². The van der Waals surface area contributed by atoms with Crippen LogP contribution in [0.1, 0.15) is 25.3 Å². The zero-order valence-electron chi connectivity index (χ0n) is 12.9. The van der Waals surface area contributed by atoms with Crippen molar-refractivity contribution in [3.8, 4) is 5.75 Å². The Morgan fingerprint density at radius 1 is 1.29 bits per heavy atom. The van der Waals surface area contributed by atoms with Gasteiger partial charge in [0, 0.05) is 32.2 Å². The number of morpholine rings is 1. The maximum Gasteiger partial charge on any atom is 0.119 e. The van der Waals surface area contributed by atoms with Crippen molar-refractivity contribution in [2.75, 3.05) is 32.8 Å². The standard InChI is InChI=1S/C17H26N2O2/c1-2-20-16-7-3-14(4-8-16)11-18-12-17-13-19(9-10-21-17)15-5-6-15/h3-4,7-8,15,17-18H,2,5-6,9-13H2,1H3. The van der Waals surface area contributed by atoms with Crippen LogP contribution < -0.4 is 10.1 Å². The topological polar surface area (TPSA) is 33.7 Å². The van der Waals surface area contributed by atoms with Crippen LogP contribution in [0.25, 0.3) is 0 Å². The Kier molecular flexibility index (Phi) is 5.12. The monoisotopic (exact) mass is 290 g/mol. The summed E-state index contributed by atoms with van der Waals surface area (Å²) in [5.41, 5.74) is 1.29. The Hall–Kier alpha value is -1.10. The van der Waals surface area contributed by atoms with Crippen LogP contribution in [0.4, 0.5) is 0 Å². The van der Waals surface area contributed by atoms with Crippen LogP contribution in [0.3, 0.4) is 0 Å². The molecule has 1 saturated heterocycles. The second-order valence-corrected chi connectivity index (χ2v) is 5.93. The predicted octanol–water partition coefficient (Wildman–Crippen LogP) is 2.04. The number of nitrogens with one attached hydrogen (secondary N) is 1. The molecule has 4 nitrogen and oxygen atoms in total. The summed E-state index contributed by atoms with van der Waals surface area (Å²) in [5.74, 6) is 0.942. The number of rotatable bonds is 7. The first-order valence-corrected chi connectivity index (χ1v) is 8.13. The SMILES string of the molecule is CCOc1ccc(CNCC2CN(C3CC3)CCO2)cc1. The summed E-state index contributed by atoms with van der Waals surface area (Å²) in [7, 11) is 0. The molecule has 1 aromatic rings. The summed E-state index contributed by atoms with van der Waals surface area (Å²) in [5, 5.41) is 3.51. The number of ether oxygens (including phenoxy) is 2. The Bertz CT molecular complexity index is 431. The van der Waals surface area contributed by atoms with E-state index in [1.165, 1.54) is 18.4 Å². The third kappa shape index (κ3) is 4.43. The summed E-state index contributed by atoms with van der Waals surface area (Å²) >= 11 is 0. The van der Waals surface area contributed by atoms with Crippen molar-refractivity contribution in [2.24, 2.45) is 0 Å². The van der Waals surface area contributed by atoms with E-state index >= 15 is 0 Å². The fourth-order valence-corrected chi connectivity index (χ4v) is 2.88. The maximum atomic E-state index is 5.85.